The summed E-state index contributed by atoms with van der Waals surface area (Å²) in [5, 5.41) is 21.4. The van der Waals surface area contributed by atoms with Gasteiger partial charge in [0.25, 0.3) is 11.4 Å². The summed E-state index contributed by atoms with van der Waals surface area (Å²) in [6.45, 7) is 0.780. The van der Waals surface area contributed by atoms with E-state index >= 15 is 0 Å². The fraction of sp³-hybridized carbons (Fsp3) is 0.261. The number of fused-ring (bicyclic) bond motifs is 1. The Kier molecular flexibility index (Phi) is 6.99. The summed E-state index contributed by atoms with van der Waals surface area (Å²) < 4.78 is 20.8. The maximum absolute atomic E-state index is 12.6. The lowest BCUT2D eigenvalue weighted by molar-refractivity contribution is -0.385. The molecule has 0 N–H and O–H groups in total. The molecule has 0 aromatic heterocycles. The second-order valence-corrected chi connectivity index (χ2v) is 8.00. The van der Waals surface area contributed by atoms with E-state index in [0.29, 0.717) is 11.1 Å². The first-order chi connectivity index (χ1) is 17.7. The predicted octanol–water partition coefficient (Wildman–Crippen LogP) is 2.95. The third-order valence-corrected chi connectivity index (χ3v) is 5.62. The van der Waals surface area contributed by atoms with Gasteiger partial charge in [-0.3, -0.25) is 29.9 Å². The first-order valence-electron chi connectivity index (χ1n) is 10.8. The smallest absolute Gasteiger partial charge is 0.471 e. The second kappa shape index (κ2) is 10.3. The molecule has 2 aromatic rings. The van der Waals surface area contributed by atoms with Crippen LogP contribution in [-0.2, 0) is 41.8 Å². The molecular formula is C23H19N3O11. The molecule has 0 bridgehead atoms. The first-order valence-corrected chi connectivity index (χ1v) is 10.8. The Bertz CT molecular complexity index is 1290. The average Bonchev–Trinajstić information content (AvgIpc) is 3.19. The molecular weight excluding hydrogens is 494 g/mol. The number of carbonyl (C=O) groups excluding carboxylic acids is 3. The molecule has 2 heterocycles. The van der Waals surface area contributed by atoms with Crippen LogP contribution in [0.15, 0.2) is 60.0 Å². The fourth-order valence-electron chi connectivity index (χ4n) is 3.69. The van der Waals surface area contributed by atoms with Crippen molar-refractivity contribution >= 4 is 29.4 Å². The molecule has 0 spiro atoms. The quantitative estimate of drug-likeness (QED) is 0.208. The molecule has 0 saturated carbocycles. The molecule has 2 atom stereocenters. The topological polar surface area (TPSA) is 178 Å². The van der Waals surface area contributed by atoms with Crippen LogP contribution >= 0.6 is 0 Å². The molecule has 192 valence electrons. The number of nitrogens with zero attached hydrogens (tertiary/aromatic N) is 3. The molecule has 2 aliphatic heterocycles. The fourth-order valence-corrected chi connectivity index (χ4v) is 3.69. The van der Waals surface area contributed by atoms with Gasteiger partial charge in [-0.05, 0) is 42.3 Å². The highest BCUT2D eigenvalue weighted by molar-refractivity contribution is 5.99. The van der Waals surface area contributed by atoms with Gasteiger partial charge in [-0.1, -0.05) is 0 Å². The van der Waals surface area contributed by atoms with Gasteiger partial charge in [-0.15, -0.1) is 0 Å². The number of β-lactam (4-membered cyclic amide) rings is 1. The van der Waals surface area contributed by atoms with E-state index in [1.807, 2.05) is 0 Å². The summed E-state index contributed by atoms with van der Waals surface area (Å²) in [4.78, 5) is 58.5. The zero-order valence-corrected chi connectivity index (χ0v) is 19.2. The van der Waals surface area contributed by atoms with Crippen LogP contribution in [0, 0.1) is 26.1 Å². The van der Waals surface area contributed by atoms with Crippen molar-refractivity contribution in [3.05, 3.63) is 91.3 Å². The van der Waals surface area contributed by atoms with Crippen molar-refractivity contribution in [2.45, 2.75) is 26.4 Å². The van der Waals surface area contributed by atoms with Crippen molar-refractivity contribution in [2.24, 2.45) is 5.92 Å². The van der Waals surface area contributed by atoms with Crippen molar-refractivity contribution in [2.75, 3.05) is 6.61 Å². The van der Waals surface area contributed by atoms with Crippen LogP contribution in [-0.4, -0.2) is 45.6 Å². The van der Waals surface area contributed by atoms with Crippen LogP contribution in [0.1, 0.15) is 18.1 Å². The maximum Gasteiger partial charge on any atom is 0.508 e. The monoisotopic (exact) mass is 513 g/mol. The second-order valence-electron chi connectivity index (χ2n) is 8.00. The molecule has 0 aliphatic carbocycles. The van der Waals surface area contributed by atoms with Crippen molar-refractivity contribution in [3.63, 3.8) is 0 Å². The highest BCUT2D eigenvalue weighted by Crippen LogP contribution is 2.40. The van der Waals surface area contributed by atoms with Gasteiger partial charge in [0.05, 0.1) is 9.85 Å². The van der Waals surface area contributed by atoms with Gasteiger partial charge in [0.1, 0.15) is 31.5 Å². The molecule has 2 aliphatic rings. The normalized spacial score (nSPS) is 17.9. The summed E-state index contributed by atoms with van der Waals surface area (Å²) >= 11 is 0. The Labute approximate surface area is 208 Å². The minimum atomic E-state index is -1.05. The standard InChI is InChI=1S/C23H19N3O11/c1-13-19(22(28)34-10-14-2-6-16(7-3-14)25(30)31)24-20(27)18(21(24)37-13)12-36-23(29)35-11-15-4-8-17(9-5-15)26(32)33/h2-9,18,21H,10-12H2,1H3. The summed E-state index contributed by atoms with van der Waals surface area (Å²) in [6.07, 6.45) is -1.90. The number of nitro groups is 2. The number of non-ortho nitro benzene ring substituents is 2. The van der Waals surface area contributed by atoms with Crippen molar-refractivity contribution in [3.8, 4) is 0 Å². The third-order valence-electron chi connectivity index (χ3n) is 5.62. The highest BCUT2D eigenvalue weighted by atomic mass is 16.7. The SMILES string of the molecule is CC1=C(C(=O)OCc2ccc([N+](=O)[O-])cc2)N2C(=O)C(COC(=O)OCc3ccc([N+](=O)[O-])cc3)C2O1. The number of ether oxygens (including phenoxy) is 4. The number of hydrogen-bond acceptors (Lipinski definition) is 11. The van der Waals surface area contributed by atoms with Gasteiger partial charge in [0, 0.05) is 24.3 Å². The van der Waals surface area contributed by atoms with Gasteiger partial charge >= 0.3 is 12.1 Å². The molecule has 2 unspecified atom stereocenters. The van der Waals surface area contributed by atoms with Crippen LogP contribution in [0.4, 0.5) is 16.2 Å². The number of benzene rings is 2. The van der Waals surface area contributed by atoms with Crippen molar-refractivity contribution in [1.29, 1.82) is 0 Å². The van der Waals surface area contributed by atoms with Gasteiger partial charge < -0.3 is 18.9 Å². The molecule has 1 amide bonds. The number of carbonyl (C=O) groups is 3. The zero-order valence-electron chi connectivity index (χ0n) is 19.2. The van der Waals surface area contributed by atoms with Crippen LogP contribution < -0.4 is 0 Å². The number of nitro benzene ring substituents is 2. The minimum Gasteiger partial charge on any atom is -0.471 e. The lowest BCUT2D eigenvalue weighted by Gasteiger charge is -2.40. The lowest BCUT2D eigenvalue weighted by atomic mass is 9.96. The number of esters is 1. The number of allylic oxidation sites excluding steroid dienone is 1. The van der Waals surface area contributed by atoms with Crippen molar-refractivity contribution in [1.82, 2.24) is 4.90 Å². The highest BCUT2D eigenvalue weighted by Gasteiger charge is 2.57. The minimum absolute atomic E-state index is 0.0751. The van der Waals surface area contributed by atoms with E-state index in [4.69, 9.17) is 18.9 Å². The largest absolute Gasteiger partial charge is 0.508 e. The van der Waals surface area contributed by atoms with Gasteiger partial charge in [-0.2, -0.15) is 0 Å². The average molecular weight is 513 g/mol. The van der Waals surface area contributed by atoms with Gasteiger partial charge in [0.15, 0.2) is 11.9 Å². The van der Waals surface area contributed by atoms with Crippen LogP contribution in [0.25, 0.3) is 0 Å². The molecule has 37 heavy (non-hydrogen) atoms. The van der Waals surface area contributed by atoms with E-state index in [1.165, 1.54) is 55.5 Å². The summed E-state index contributed by atoms with van der Waals surface area (Å²) in [6, 6.07) is 10.9. The van der Waals surface area contributed by atoms with Crippen LogP contribution in [0.5, 0.6) is 0 Å². The number of hydrogen-bond donors (Lipinski definition) is 0. The number of amides is 1. The van der Waals surface area contributed by atoms with E-state index in [9.17, 15) is 34.6 Å². The lowest BCUT2D eigenvalue weighted by Crippen LogP contribution is -2.60. The van der Waals surface area contributed by atoms with Crippen LogP contribution in [0.3, 0.4) is 0 Å². The molecule has 14 heteroatoms. The van der Waals surface area contributed by atoms with Crippen LogP contribution in [0.2, 0.25) is 0 Å². The molecule has 1 saturated heterocycles. The Balaban J connectivity index is 1.24. The van der Waals surface area contributed by atoms with E-state index in [2.05, 4.69) is 0 Å². The Hall–Kier alpha value is -5.01. The maximum atomic E-state index is 12.6. The molecule has 1 fully saturated rings. The third kappa shape index (κ3) is 5.32. The van der Waals surface area contributed by atoms with Gasteiger partial charge in [0.2, 0.25) is 5.91 Å². The summed E-state index contributed by atoms with van der Waals surface area (Å²) in [5.74, 6) is -2.02. The Morgan fingerprint density at radius 1 is 0.892 bits per heavy atom. The van der Waals surface area contributed by atoms with E-state index in [-0.39, 0.29) is 42.7 Å². The Morgan fingerprint density at radius 2 is 1.41 bits per heavy atom. The van der Waals surface area contributed by atoms with E-state index in [0.717, 1.165) is 4.90 Å². The van der Waals surface area contributed by atoms with Gasteiger partial charge in [-0.25, -0.2) is 9.59 Å². The van der Waals surface area contributed by atoms with E-state index in [1.54, 1.807) is 0 Å². The molecule has 4 rings (SSSR count). The first kappa shape index (κ1) is 25.1. The van der Waals surface area contributed by atoms with E-state index < -0.39 is 40.0 Å². The predicted molar refractivity (Wildman–Crippen MR) is 120 cm³/mol. The number of rotatable bonds is 9. The summed E-state index contributed by atoms with van der Waals surface area (Å²) in [5.41, 5.74) is 0.740. The molecule has 0 radical (unpaired) electrons. The Morgan fingerprint density at radius 3 is 1.92 bits per heavy atom. The molecule has 2 aromatic carbocycles. The zero-order chi connectivity index (χ0) is 26.7. The molecule has 14 nitrogen and oxygen atoms in total. The summed E-state index contributed by atoms with van der Waals surface area (Å²) in [7, 11) is 0. The van der Waals surface area contributed by atoms with Crippen molar-refractivity contribution < 1.29 is 43.2 Å².